The molecule has 0 amide bonds. The molecule has 1 radical (unpaired) electrons. The van der Waals surface area contributed by atoms with Crippen molar-refractivity contribution in [3.63, 3.8) is 0 Å². The molecule has 0 atom stereocenters. The molecule has 2 heteroatoms. The molecule has 0 saturated heterocycles. The van der Waals surface area contributed by atoms with E-state index in [0.29, 0.717) is 0 Å². The molecule has 0 aliphatic rings. The van der Waals surface area contributed by atoms with E-state index in [2.05, 4.69) is 0 Å². The van der Waals surface area contributed by atoms with Gasteiger partial charge in [-0.1, -0.05) is 0 Å². The Bertz CT molecular complexity index is 80.0. The van der Waals surface area contributed by atoms with Crippen LogP contribution in [-0.4, -0.2) is 6.91 Å². The number of rotatable bonds is 0. The molecule has 35 valence electrons. The molecule has 0 aromatic carbocycles. The molecular weight excluding hydrogens is 130 g/mol. The van der Waals surface area contributed by atoms with Gasteiger partial charge in [-0.05, 0) is 0 Å². The summed E-state index contributed by atoms with van der Waals surface area (Å²) >= 11 is 0. The summed E-state index contributed by atoms with van der Waals surface area (Å²) in [5.74, 6) is 4.00. The zero-order valence-electron chi connectivity index (χ0n) is 3.80. The first kappa shape index (κ1) is 6.92. The van der Waals surface area contributed by atoms with E-state index in [9.17, 15) is 0 Å². The SMILES string of the molecule is [Co+2].b1ccccc1. The van der Waals surface area contributed by atoms with Gasteiger partial charge in [0, 0.05) is 0 Å². The molecule has 1 aromatic rings. The molecule has 0 unspecified atom stereocenters. The van der Waals surface area contributed by atoms with E-state index in [0.717, 1.165) is 0 Å². The van der Waals surface area contributed by atoms with Crippen LogP contribution in [0, 0.1) is 0 Å². The molecule has 0 bridgehead atoms. The van der Waals surface area contributed by atoms with Crippen LogP contribution in [0.5, 0.6) is 0 Å². The van der Waals surface area contributed by atoms with Crippen LogP contribution in [0.1, 0.15) is 0 Å². The first-order valence-electron chi connectivity index (χ1n) is 2.00. The van der Waals surface area contributed by atoms with Crippen molar-refractivity contribution in [1.82, 2.24) is 0 Å². The summed E-state index contributed by atoms with van der Waals surface area (Å²) in [5.41, 5.74) is 0. The average molecular weight is 135 g/mol. The predicted octanol–water partition coefficient (Wildman–Crippen LogP) is 1.02. The first-order chi connectivity index (χ1) is 3.00. The van der Waals surface area contributed by atoms with Crippen molar-refractivity contribution in [3.05, 3.63) is 30.1 Å². The van der Waals surface area contributed by atoms with E-state index in [1.807, 2.05) is 37.0 Å². The van der Waals surface area contributed by atoms with Gasteiger partial charge in [0.05, 0.1) is 0 Å². The fourth-order valence-electron chi connectivity index (χ4n) is 0.385. The Hall–Kier alpha value is -0.0786. The van der Waals surface area contributed by atoms with Gasteiger partial charge >= 0.3 is 53.8 Å². The van der Waals surface area contributed by atoms with Crippen molar-refractivity contribution in [1.29, 1.82) is 0 Å². The van der Waals surface area contributed by atoms with Crippen LogP contribution in [-0.2, 0) is 16.8 Å². The minimum atomic E-state index is 0. The van der Waals surface area contributed by atoms with Gasteiger partial charge in [-0.25, -0.2) is 0 Å². The molecule has 1 aromatic heterocycles. The maximum atomic E-state index is 2.00. The van der Waals surface area contributed by atoms with Crippen LogP contribution in [0.25, 0.3) is 0 Å². The first-order valence-corrected chi connectivity index (χ1v) is 2.00. The number of hydrogen-bond acceptors (Lipinski definition) is 0. The molecule has 0 nitrogen and oxygen atoms in total. The molecule has 0 aliphatic heterocycles. The summed E-state index contributed by atoms with van der Waals surface area (Å²) in [6.45, 7) is 2.00. The second-order valence-corrected chi connectivity index (χ2v) is 1.15. The Balaban J connectivity index is 0.000000360. The van der Waals surface area contributed by atoms with E-state index in [4.69, 9.17) is 0 Å². The average Bonchev–Trinajstić information content (AvgIpc) is 1.72. The summed E-state index contributed by atoms with van der Waals surface area (Å²) < 4.78 is 0. The normalized spacial score (nSPS) is 6.29. The van der Waals surface area contributed by atoms with E-state index >= 15 is 0 Å². The molecule has 0 spiro atoms. The quantitative estimate of drug-likeness (QED) is 0.498. The Morgan fingerprint density at radius 3 is 1.57 bits per heavy atom. The molecule has 1 heterocycles. The van der Waals surface area contributed by atoms with Gasteiger partial charge in [-0.2, -0.15) is 0 Å². The fraction of sp³-hybridized carbons (Fsp3) is 0. The second-order valence-electron chi connectivity index (χ2n) is 1.15. The zero-order chi connectivity index (χ0) is 4.24. The Labute approximate surface area is 54.4 Å². The van der Waals surface area contributed by atoms with Crippen molar-refractivity contribution in [2.75, 3.05) is 0 Å². The Morgan fingerprint density at radius 1 is 0.857 bits per heavy atom. The number of hydrogen-bond donors (Lipinski definition) is 0. The molecule has 0 fully saturated rings. The topological polar surface area (TPSA) is 0 Å². The van der Waals surface area contributed by atoms with E-state index < -0.39 is 0 Å². The van der Waals surface area contributed by atoms with E-state index in [1.165, 1.54) is 0 Å². The summed E-state index contributed by atoms with van der Waals surface area (Å²) in [6, 6.07) is 6.00. The van der Waals surface area contributed by atoms with Gasteiger partial charge in [0.25, 0.3) is 0 Å². The molecular formula is C5H5BCo+2. The van der Waals surface area contributed by atoms with Gasteiger partial charge in [0.1, 0.15) is 0 Å². The molecule has 7 heavy (non-hydrogen) atoms. The Morgan fingerprint density at radius 2 is 1.43 bits per heavy atom. The third-order valence-corrected chi connectivity index (χ3v) is 0.667. The second kappa shape index (κ2) is 4.09. The zero-order valence-corrected chi connectivity index (χ0v) is 4.84. The van der Waals surface area contributed by atoms with Gasteiger partial charge in [0.15, 0.2) is 0 Å². The summed E-state index contributed by atoms with van der Waals surface area (Å²) in [6.07, 6.45) is 0. The van der Waals surface area contributed by atoms with Crippen LogP contribution in [0.3, 0.4) is 0 Å². The third kappa shape index (κ3) is 2.60. The predicted molar refractivity (Wildman–Crippen MR) is 27.8 cm³/mol. The van der Waals surface area contributed by atoms with Crippen molar-refractivity contribution in [3.8, 4) is 0 Å². The molecule has 0 N–H and O–H groups in total. The maximum absolute atomic E-state index is 2.00. The van der Waals surface area contributed by atoms with Crippen molar-refractivity contribution >= 4 is 6.91 Å². The van der Waals surface area contributed by atoms with Crippen LogP contribution in [0.2, 0.25) is 0 Å². The van der Waals surface area contributed by atoms with Gasteiger partial charge < -0.3 is 0 Å². The summed E-state index contributed by atoms with van der Waals surface area (Å²) in [5, 5.41) is 0. The fourth-order valence-corrected chi connectivity index (χ4v) is 0.385. The molecule has 1 rings (SSSR count). The van der Waals surface area contributed by atoms with Crippen molar-refractivity contribution in [2.45, 2.75) is 0 Å². The van der Waals surface area contributed by atoms with Gasteiger partial charge in [0.2, 0.25) is 0 Å². The minimum absolute atomic E-state index is 0. The van der Waals surface area contributed by atoms with E-state index in [1.54, 1.807) is 0 Å². The summed E-state index contributed by atoms with van der Waals surface area (Å²) in [4.78, 5) is 0. The van der Waals surface area contributed by atoms with Crippen molar-refractivity contribution in [2.24, 2.45) is 0 Å². The third-order valence-electron chi connectivity index (χ3n) is 0.667. The van der Waals surface area contributed by atoms with E-state index in [-0.39, 0.29) is 16.8 Å². The standard InChI is InChI=1S/C5H5B.Co/c1-2-4-6-5-3-1;/h1-5H;/q;+2. The monoisotopic (exact) mass is 135 g/mol. The van der Waals surface area contributed by atoms with Crippen LogP contribution in [0.4, 0.5) is 0 Å². The van der Waals surface area contributed by atoms with Crippen LogP contribution >= 0.6 is 0 Å². The van der Waals surface area contributed by atoms with Crippen molar-refractivity contribution < 1.29 is 16.8 Å². The van der Waals surface area contributed by atoms with Crippen LogP contribution in [0.15, 0.2) is 30.1 Å². The van der Waals surface area contributed by atoms with Gasteiger partial charge in [-0.15, -0.1) is 0 Å². The molecule has 0 saturated carbocycles. The van der Waals surface area contributed by atoms with Crippen LogP contribution < -0.4 is 0 Å². The van der Waals surface area contributed by atoms with Gasteiger partial charge in [-0.3, -0.25) is 0 Å². The Kier molecular flexibility index (Phi) is 4.04. The summed E-state index contributed by atoms with van der Waals surface area (Å²) in [7, 11) is 0. The molecule has 0 aliphatic carbocycles.